The monoisotopic (exact) mass is 504 g/mol. The first kappa shape index (κ1) is 20.8. The van der Waals surface area contributed by atoms with Gasteiger partial charge in [-0.05, 0) is 49.6 Å². The van der Waals surface area contributed by atoms with E-state index in [1.807, 2.05) is 17.5 Å². The maximum absolute atomic E-state index is 13.4. The van der Waals surface area contributed by atoms with Crippen LogP contribution in [0.5, 0.6) is 5.75 Å². The van der Waals surface area contributed by atoms with Gasteiger partial charge < -0.3 is 9.84 Å². The molecule has 1 atom stereocenters. The topological polar surface area (TPSA) is 80.9 Å². The third-order valence-corrected chi connectivity index (χ3v) is 7.01. The maximum atomic E-state index is 13.4. The standard InChI is InChI=1S/C21H17BrN2O4S2/c1-3-28-20(27)17-11(2)23-21-24(18(17)15-5-4-8-29-15)19(26)16(30-21)10-12-9-13(22)6-7-14(12)25/h4-10,18,25H,3H2,1-2H3/b16-10+. The highest BCUT2D eigenvalue weighted by Crippen LogP contribution is 2.33. The molecule has 0 radical (unpaired) electrons. The van der Waals surface area contributed by atoms with Crippen LogP contribution in [0.25, 0.3) is 6.08 Å². The molecule has 0 aliphatic carbocycles. The molecule has 1 aromatic carbocycles. The molecule has 0 bridgehead atoms. The molecule has 154 valence electrons. The van der Waals surface area contributed by atoms with Crippen LogP contribution in [0.2, 0.25) is 0 Å². The van der Waals surface area contributed by atoms with Gasteiger partial charge in [-0.15, -0.1) is 11.3 Å². The number of nitrogens with zero attached hydrogens (tertiary/aromatic N) is 2. The fourth-order valence-corrected chi connectivity index (χ4v) is 5.53. The Morgan fingerprint density at radius 2 is 2.20 bits per heavy atom. The van der Waals surface area contributed by atoms with E-state index in [4.69, 9.17) is 4.74 Å². The second-order valence-corrected chi connectivity index (χ2v) is 9.42. The molecule has 3 aromatic rings. The van der Waals surface area contributed by atoms with Crippen LogP contribution >= 0.6 is 38.6 Å². The van der Waals surface area contributed by atoms with E-state index in [1.165, 1.54) is 27.2 Å². The van der Waals surface area contributed by atoms with Crippen molar-refractivity contribution in [2.45, 2.75) is 19.9 Å². The Balaban J connectivity index is 1.96. The number of hydrogen-bond donors (Lipinski definition) is 1. The summed E-state index contributed by atoms with van der Waals surface area (Å²) in [6, 6.07) is 8.20. The van der Waals surface area contributed by atoms with Gasteiger partial charge in [-0.3, -0.25) is 9.36 Å². The van der Waals surface area contributed by atoms with Crippen LogP contribution < -0.4 is 14.9 Å². The lowest BCUT2D eigenvalue weighted by Crippen LogP contribution is -2.39. The number of fused-ring (bicyclic) bond motifs is 1. The Labute approximate surface area is 188 Å². The van der Waals surface area contributed by atoms with E-state index in [0.717, 1.165) is 9.35 Å². The van der Waals surface area contributed by atoms with E-state index in [9.17, 15) is 14.7 Å². The molecule has 0 spiro atoms. The fraction of sp³-hybridized carbons (Fsp3) is 0.190. The molecule has 30 heavy (non-hydrogen) atoms. The van der Waals surface area contributed by atoms with Gasteiger partial charge in [0.25, 0.3) is 5.56 Å². The molecular formula is C21H17BrN2O4S2. The number of ether oxygens (including phenoxy) is 1. The number of allylic oxidation sites excluding steroid dienone is 1. The van der Waals surface area contributed by atoms with E-state index in [0.29, 0.717) is 26.2 Å². The van der Waals surface area contributed by atoms with E-state index < -0.39 is 12.0 Å². The van der Waals surface area contributed by atoms with Crippen molar-refractivity contribution in [2.75, 3.05) is 6.61 Å². The van der Waals surface area contributed by atoms with Gasteiger partial charge in [-0.1, -0.05) is 33.3 Å². The quantitative estimate of drug-likeness (QED) is 0.552. The largest absolute Gasteiger partial charge is 0.507 e. The van der Waals surface area contributed by atoms with Crippen LogP contribution in [-0.4, -0.2) is 22.2 Å². The summed E-state index contributed by atoms with van der Waals surface area (Å²) in [5.41, 5.74) is 1.14. The molecule has 3 heterocycles. The number of thiophene rings is 1. The normalized spacial score (nSPS) is 16.4. The van der Waals surface area contributed by atoms with Crippen LogP contribution in [0.1, 0.15) is 30.3 Å². The molecule has 2 aromatic heterocycles. The molecular weight excluding hydrogens is 488 g/mol. The van der Waals surface area contributed by atoms with Crippen molar-refractivity contribution in [1.82, 2.24) is 4.57 Å². The Hall–Kier alpha value is -2.49. The molecule has 4 rings (SSSR count). The van der Waals surface area contributed by atoms with Crippen LogP contribution in [-0.2, 0) is 9.53 Å². The average molecular weight is 505 g/mol. The third kappa shape index (κ3) is 3.68. The fourth-order valence-electron chi connectivity index (χ4n) is 3.29. The molecule has 1 aliphatic rings. The van der Waals surface area contributed by atoms with Gasteiger partial charge in [0.05, 0.1) is 22.4 Å². The molecule has 0 fully saturated rings. The highest BCUT2D eigenvalue weighted by atomic mass is 79.9. The van der Waals surface area contributed by atoms with Crippen LogP contribution in [0.3, 0.4) is 0 Å². The summed E-state index contributed by atoms with van der Waals surface area (Å²) in [6.07, 6.45) is 1.64. The van der Waals surface area contributed by atoms with Crippen LogP contribution in [0, 0.1) is 0 Å². The molecule has 1 unspecified atom stereocenters. The van der Waals surface area contributed by atoms with Crippen molar-refractivity contribution in [1.29, 1.82) is 0 Å². The number of carbonyl (C=O) groups excluding carboxylic acids is 1. The maximum Gasteiger partial charge on any atom is 0.338 e. The summed E-state index contributed by atoms with van der Waals surface area (Å²) in [5, 5.41) is 12.1. The first-order chi connectivity index (χ1) is 14.4. The predicted octanol–water partition coefficient (Wildman–Crippen LogP) is 3.33. The molecule has 1 N–H and O–H groups in total. The molecule has 0 amide bonds. The SMILES string of the molecule is CCOC(=O)C1=C(C)N=c2s/c(=C/c3cc(Br)ccc3O)c(=O)n2C1c1cccs1. The Morgan fingerprint density at radius 3 is 2.90 bits per heavy atom. The molecule has 1 aliphatic heterocycles. The van der Waals surface area contributed by atoms with Crippen molar-refractivity contribution in [3.8, 4) is 5.75 Å². The zero-order valence-corrected chi connectivity index (χ0v) is 19.3. The second kappa shape index (κ2) is 8.33. The van der Waals surface area contributed by atoms with Gasteiger partial charge in [0.15, 0.2) is 4.80 Å². The minimum Gasteiger partial charge on any atom is -0.507 e. The second-order valence-electron chi connectivity index (χ2n) is 6.52. The Bertz CT molecular complexity index is 1340. The number of esters is 1. The number of phenols is 1. The number of carbonyl (C=O) groups is 1. The smallest absolute Gasteiger partial charge is 0.338 e. The van der Waals surface area contributed by atoms with Crippen molar-refractivity contribution >= 4 is 50.6 Å². The van der Waals surface area contributed by atoms with Crippen molar-refractivity contribution in [2.24, 2.45) is 4.99 Å². The lowest BCUT2D eigenvalue weighted by atomic mass is 10.0. The zero-order chi connectivity index (χ0) is 21.4. The minimum absolute atomic E-state index is 0.0715. The lowest BCUT2D eigenvalue weighted by Gasteiger charge is -2.23. The number of aromatic nitrogens is 1. The summed E-state index contributed by atoms with van der Waals surface area (Å²) in [7, 11) is 0. The van der Waals surface area contributed by atoms with Gasteiger partial charge in [-0.2, -0.15) is 0 Å². The molecule has 6 nitrogen and oxygen atoms in total. The van der Waals surface area contributed by atoms with E-state index in [1.54, 1.807) is 38.1 Å². The number of hydrogen-bond acceptors (Lipinski definition) is 7. The summed E-state index contributed by atoms with van der Waals surface area (Å²) >= 11 is 6.07. The first-order valence-electron chi connectivity index (χ1n) is 9.12. The Morgan fingerprint density at radius 1 is 1.40 bits per heavy atom. The molecule has 9 heteroatoms. The lowest BCUT2D eigenvalue weighted by molar-refractivity contribution is -0.139. The van der Waals surface area contributed by atoms with Crippen LogP contribution in [0.15, 0.2) is 61.2 Å². The molecule has 0 saturated heterocycles. The zero-order valence-electron chi connectivity index (χ0n) is 16.1. The van der Waals surface area contributed by atoms with E-state index in [2.05, 4.69) is 20.9 Å². The predicted molar refractivity (Wildman–Crippen MR) is 121 cm³/mol. The number of thiazole rings is 1. The summed E-state index contributed by atoms with van der Waals surface area (Å²) in [5.74, 6) is -0.404. The highest BCUT2D eigenvalue weighted by molar-refractivity contribution is 9.10. The van der Waals surface area contributed by atoms with Crippen molar-refractivity contribution in [3.05, 3.63) is 81.6 Å². The van der Waals surface area contributed by atoms with Crippen molar-refractivity contribution < 1.29 is 14.6 Å². The van der Waals surface area contributed by atoms with E-state index >= 15 is 0 Å². The average Bonchev–Trinajstić information content (AvgIpc) is 3.33. The number of phenolic OH excluding ortho intramolecular Hbond substituents is 1. The number of aromatic hydroxyl groups is 1. The molecule has 0 saturated carbocycles. The van der Waals surface area contributed by atoms with Gasteiger partial charge in [0, 0.05) is 14.9 Å². The van der Waals surface area contributed by atoms with Gasteiger partial charge in [-0.25, -0.2) is 9.79 Å². The number of rotatable bonds is 4. The van der Waals surface area contributed by atoms with Crippen molar-refractivity contribution in [3.63, 3.8) is 0 Å². The minimum atomic E-state index is -0.599. The first-order valence-corrected chi connectivity index (χ1v) is 11.6. The van der Waals surface area contributed by atoms with Crippen LogP contribution in [0.4, 0.5) is 0 Å². The number of halogens is 1. The number of benzene rings is 1. The Kier molecular flexibility index (Phi) is 5.77. The van der Waals surface area contributed by atoms with Gasteiger partial charge >= 0.3 is 5.97 Å². The third-order valence-electron chi connectivity index (χ3n) is 4.61. The van der Waals surface area contributed by atoms with Gasteiger partial charge in [0.2, 0.25) is 0 Å². The summed E-state index contributed by atoms with van der Waals surface area (Å²) < 4.78 is 8.00. The van der Waals surface area contributed by atoms with Gasteiger partial charge in [0.1, 0.15) is 11.8 Å². The van der Waals surface area contributed by atoms with E-state index in [-0.39, 0.29) is 17.9 Å². The summed E-state index contributed by atoms with van der Waals surface area (Å²) in [6.45, 7) is 3.73. The highest BCUT2D eigenvalue weighted by Gasteiger charge is 2.33. The summed E-state index contributed by atoms with van der Waals surface area (Å²) in [4.78, 5) is 32.0.